The molecular formula is C13H17F2NO3. The molecule has 4 nitrogen and oxygen atoms in total. The molecule has 1 aromatic rings. The van der Waals surface area contributed by atoms with Crippen molar-refractivity contribution in [3.63, 3.8) is 0 Å². The molecule has 6 heteroatoms. The first-order valence-corrected chi connectivity index (χ1v) is 6.00. The third kappa shape index (κ3) is 3.02. The maximum Gasteiger partial charge on any atom is 0.187 e. The Bertz CT molecular complexity index is 421. The number of rotatable bonds is 4. The molecule has 0 aromatic heterocycles. The summed E-state index contributed by atoms with van der Waals surface area (Å²) in [7, 11) is 3.22. The van der Waals surface area contributed by atoms with E-state index in [9.17, 15) is 8.78 Å². The number of likely N-dealkylation sites (tertiary alicyclic amines) is 1. The summed E-state index contributed by atoms with van der Waals surface area (Å²) in [5.74, 6) is -2.82. The van der Waals surface area contributed by atoms with E-state index in [4.69, 9.17) is 14.6 Å². The highest BCUT2D eigenvalue weighted by atomic mass is 19.1. The molecule has 106 valence electrons. The van der Waals surface area contributed by atoms with Gasteiger partial charge in [0, 0.05) is 33.9 Å². The Labute approximate surface area is 110 Å². The average Bonchev–Trinajstić information content (AvgIpc) is 2.78. The zero-order valence-corrected chi connectivity index (χ0v) is 10.9. The Balaban J connectivity index is 2.06. The van der Waals surface area contributed by atoms with E-state index in [1.54, 1.807) is 14.2 Å². The lowest BCUT2D eigenvalue weighted by atomic mass is 10.2. The predicted octanol–water partition coefficient (Wildman–Crippen LogP) is 1.52. The Morgan fingerprint density at radius 3 is 2.05 bits per heavy atom. The summed E-state index contributed by atoms with van der Waals surface area (Å²) < 4.78 is 37.1. The average molecular weight is 273 g/mol. The molecule has 0 radical (unpaired) electrons. The Morgan fingerprint density at radius 2 is 1.63 bits per heavy atom. The summed E-state index contributed by atoms with van der Waals surface area (Å²) in [6, 6.07) is 2.28. The van der Waals surface area contributed by atoms with E-state index in [1.807, 2.05) is 4.90 Å². The largest absolute Gasteiger partial charge is 0.503 e. The zero-order chi connectivity index (χ0) is 14.0. The van der Waals surface area contributed by atoms with Gasteiger partial charge in [-0.05, 0) is 17.7 Å². The number of hydrogen-bond donors (Lipinski definition) is 1. The molecule has 1 N–H and O–H groups in total. The van der Waals surface area contributed by atoms with Gasteiger partial charge in [0.15, 0.2) is 17.4 Å². The minimum Gasteiger partial charge on any atom is -0.503 e. The van der Waals surface area contributed by atoms with Crippen LogP contribution in [-0.4, -0.2) is 49.5 Å². The number of ether oxygens (including phenoxy) is 2. The standard InChI is InChI=1S/C13H17F2NO3/c1-18-11-6-16(7-12(11)19-2)5-8-3-9(14)13(17)10(15)4-8/h3-4,11-12,17H,5-7H2,1-2H3. The lowest BCUT2D eigenvalue weighted by molar-refractivity contribution is -0.00461. The second kappa shape index (κ2) is 5.81. The molecule has 0 bridgehead atoms. The van der Waals surface area contributed by atoms with Gasteiger partial charge in [-0.2, -0.15) is 0 Å². The summed E-state index contributed by atoms with van der Waals surface area (Å²) in [5, 5.41) is 9.05. The van der Waals surface area contributed by atoms with Crippen LogP contribution < -0.4 is 0 Å². The van der Waals surface area contributed by atoms with Crippen LogP contribution in [0, 0.1) is 11.6 Å². The van der Waals surface area contributed by atoms with E-state index in [1.165, 1.54) is 0 Å². The van der Waals surface area contributed by atoms with Crippen molar-refractivity contribution < 1.29 is 23.4 Å². The lowest BCUT2D eigenvalue weighted by Gasteiger charge is -2.15. The number of nitrogens with zero attached hydrogens (tertiary/aromatic N) is 1. The Morgan fingerprint density at radius 1 is 1.16 bits per heavy atom. The van der Waals surface area contributed by atoms with E-state index in [2.05, 4.69) is 0 Å². The van der Waals surface area contributed by atoms with Crippen LogP contribution in [0.5, 0.6) is 5.75 Å². The molecule has 2 unspecified atom stereocenters. The highest BCUT2D eigenvalue weighted by Gasteiger charge is 2.32. The molecule has 0 amide bonds. The van der Waals surface area contributed by atoms with Crippen molar-refractivity contribution in [2.75, 3.05) is 27.3 Å². The molecule has 0 saturated carbocycles. The SMILES string of the molecule is COC1CN(Cc2cc(F)c(O)c(F)c2)CC1OC. The van der Waals surface area contributed by atoms with Crippen molar-refractivity contribution in [2.45, 2.75) is 18.8 Å². The van der Waals surface area contributed by atoms with Gasteiger partial charge in [-0.1, -0.05) is 0 Å². The molecule has 1 aliphatic rings. The van der Waals surface area contributed by atoms with E-state index < -0.39 is 17.4 Å². The summed E-state index contributed by atoms with van der Waals surface area (Å²) in [4.78, 5) is 1.99. The molecule has 1 fully saturated rings. The van der Waals surface area contributed by atoms with Crippen molar-refractivity contribution in [3.05, 3.63) is 29.3 Å². The van der Waals surface area contributed by atoms with E-state index >= 15 is 0 Å². The monoisotopic (exact) mass is 273 g/mol. The van der Waals surface area contributed by atoms with Crippen LogP contribution in [0.4, 0.5) is 8.78 Å². The van der Waals surface area contributed by atoms with Crippen LogP contribution in [0.15, 0.2) is 12.1 Å². The number of halogens is 2. The van der Waals surface area contributed by atoms with Gasteiger partial charge < -0.3 is 14.6 Å². The van der Waals surface area contributed by atoms with Gasteiger partial charge in [0.05, 0.1) is 12.2 Å². The first-order valence-electron chi connectivity index (χ1n) is 6.00. The quantitative estimate of drug-likeness (QED) is 0.903. The maximum atomic E-state index is 13.2. The lowest BCUT2D eigenvalue weighted by Crippen LogP contribution is -2.27. The second-order valence-electron chi connectivity index (χ2n) is 4.65. The van der Waals surface area contributed by atoms with Crippen molar-refractivity contribution in [1.82, 2.24) is 4.90 Å². The molecule has 2 atom stereocenters. The van der Waals surface area contributed by atoms with Crippen molar-refractivity contribution >= 4 is 0 Å². The summed E-state index contributed by atoms with van der Waals surface area (Å²) >= 11 is 0. The molecule has 1 heterocycles. The van der Waals surface area contributed by atoms with Crippen LogP contribution in [0.3, 0.4) is 0 Å². The van der Waals surface area contributed by atoms with Crippen LogP contribution >= 0.6 is 0 Å². The van der Waals surface area contributed by atoms with Gasteiger partial charge in [-0.3, -0.25) is 4.90 Å². The number of phenolic OH excluding ortho intramolecular Hbond substituents is 1. The van der Waals surface area contributed by atoms with Crippen LogP contribution in [0.25, 0.3) is 0 Å². The fourth-order valence-corrected chi connectivity index (χ4v) is 2.37. The summed E-state index contributed by atoms with van der Waals surface area (Å²) in [6.45, 7) is 1.66. The van der Waals surface area contributed by atoms with Gasteiger partial charge >= 0.3 is 0 Å². The number of methoxy groups -OCH3 is 2. The minimum atomic E-state index is -0.944. The van der Waals surface area contributed by atoms with Crippen LogP contribution in [0.1, 0.15) is 5.56 Å². The zero-order valence-electron chi connectivity index (χ0n) is 10.9. The molecule has 19 heavy (non-hydrogen) atoms. The summed E-state index contributed by atoms with van der Waals surface area (Å²) in [5.41, 5.74) is 0.472. The van der Waals surface area contributed by atoms with Crippen molar-refractivity contribution in [2.24, 2.45) is 0 Å². The normalized spacial score (nSPS) is 24.0. The number of hydrogen-bond acceptors (Lipinski definition) is 4. The van der Waals surface area contributed by atoms with E-state index in [-0.39, 0.29) is 12.2 Å². The van der Waals surface area contributed by atoms with Gasteiger partial charge in [0.2, 0.25) is 0 Å². The van der Waals surface area contributed by atoms with Crippen LogP contribution in [-0.2, 0) is 16.0 Å². The third-order valence-corrected chi connectivity index (χ3v) is 3.38. The third-order valence-electron chi connectivity index (χ3n) is 3.38. The molecule has 1 aliphatic heterocycles. The van der Waals surface area contributed by atoms with Gasteiger partial charge in [0.25, 0.3) is 0 Å². The van der Waals surface area contributed by atoms with E-state index in [0.29, 0.717) is 25.2 Å². The number of phenols is 1. The Kier molecular flexibility index (Phi) is 4.34. The predicted molar refractivity (Wildman–Crippen MR) is 64.9 cm³/mol. The van der Waals surface area contributed by atoms with Gasteiger partial charge in [-0.25, -0.2) is 8.78 Å². The molecule has 1 aromatic carbocycles. The van der Waals surface area contributed by atoms with E-state index in [0.717, 1.165) is 12.1 Å². The number of benzene rings is 1. The van der Waals surface area contributed by atoms with Crippen molar-refractivity contribution in [1.29, 1.82) is 0 Å². The molecular weight excluding hydrogens is 256 g/mol. The fraction of sp³-hybridized carbons (Fsp3) is 0.538. The fourth-order valence-electron chi connectivity index (χ4n) is 2.37. The highest BCUT2D eigenvalue weighted by Crippen LogP contribution is 2.24. The number of aromatic hydroxyl groups is 1. The smallest absolute Gasteiger partial charge is 0.187 e. The topological polar surface area (TPSA) is 41.9 Å². The molecule has 2 rings (SSSR count). The highest BCUT2D eigenvalue weighted by molar-refractivity contribution is 5.30. The van der Waals surface area contributed by atoms with Gasteiger partial charge in [-0.15, -0.1) is 0 Å². The molecule has 0 aliphatic carbocycles. The first-order chi connectivity index (χ1) is 9.05. The van der Waals surface area contributed by atoms with Crippen LogP contribution in [0.2, 0.25) is 0 Å². The summed E-state index contributed by atoms with van der Waals surface area (Å²) in [6.07, 6.45) is -0.0892. The second-order valence-corrected chi connectivity index (χ2v) is 4.65. The molecule has 0 spiro atoms. The minimum absolute atomic E-state index is 0.0446. The first kappa shape index (κ1) is 14.2. The van der Waals surface area contributed by atoms with Gasteiger partial charge in [0.1, 0.15) is 0 Å². The maximum absolute atomic E-state index is 13.2. The molecule has 1 saturated heterocycles. The van der Waals surface area contributed by atoms with Crippen molar-refractivity contribution in [3.8, 4) is 5.75 Å². The Hall–Kier alpha value is -1.24.